The summed E-state index contributed by atoms with van der Waals surface area (Å²) >= 11 is 0. The Morgan fingerprint density at radius 3 is 2.47 bits per heavy atom. The van der Waals surface area contributed by atoms with E-state index in [1.165, 1.54) is 18.4 Å². The number of nitrogens with zero attached hydrogens (tertiary/aromatic N) is 1. The highest BCUT2D eigenvalue weighted by atomic mass is 32.2. The molecule has 0 radical (unpaired) electrons. The minimum absolute atomic E-state index is 0.175. The highest BCUT2D eigenvalue weighted by Gasteiger charge is 2.12. The molecule has 1 aromatic heterocycles. The van der Waals surface area contributed by atoms with Crippen molar-refractivity contribution in [1.82, 2.24) is 4.83 Å². The van der Waals surface area contributed by atoms with Gasteiger partial charge in [0.2, 0.25) is 0 Å². The number of benzene rings is 1. The van der Waals surface area contributed by atoms with Crippen LogP contribution in [0.25, 0.3) is 0 Å². The van der Waals surface area contributed by atoms with Gasteiger partial charge in [-0.3, -0.25) is 0 Å². The molecule has 2 rings (SSSR count). The van der Waals surface area contributed by atoms with E-state index >= 15 is 0 Å². The maximum absolute atomic E-state index is 12.0. The Morgan fingerprint density at radius 2 is 1.89 bits per heavy atom. The van der Waals surface area contributed by atoms with E-state index in [0.29, 0.717) is 11.5 Å². The highest BCUT2D eigenvalue weighted by molar-refractivity contribution is 7.89. The molecule has 0 aliphatic rings. The lowest BCUT2D eigenvalue weighted by Gasteiger charge is -2.04. The lowest BCUT2D eigenvalue weighted by molar-refractivity contribution is 0.556. The fraction of sp³-hybridized carbons (Fsp3) is 0.154. The Morgan fingerprint density at radius 1 is 1.21 bits per heavy atom. The molecule has 0 spiro atoms. The van der Waals surface area contributed by atoms with Crippen molar-refractivity contribution >= 4 is 15.7 Å². The Labute approximate surface area is 112 Å². The number of sulfonamides is 1. The van der Waals surface area contributed by atoms with Crippen molar-refractivity contribution in [3.63, 3.8) is 0 Å². The molecule has 0 aliphatic heterocycles. The van der Waals surface area contributed by atoms with E-state index in [2.05, 4.69) is 9.93 Å². The van der Waals surface area contributed by atoms with Gasteiger partial charge in [0.15, 0.2) is 0 Å². The number of hydrogen-bond donors (Lipinski definition) is 1. The second-order valence-corrected chi connectivity index (χ2v) is 5.74. The molecule has 1 N–H and O–H groups in total. The van der Waals surface area contributed by atoms with Gasteiger partial charge in [0.1, 0.15) is 11.5 Å². The standard InChI is InChI=1S/C13H14N2O3S/c1-10-5-7-12(8-6-10)19(16,17)15-14-11(2)13-4-3-9-18-13/h3-9,15H,1-2H3. The first kappa shape index (κ1) is 13.4. The van der Waals surface area contributed by atoms with Crippen LogP contribution in [0.5, 0.6) is 0 Å². The molecule has 1 heterocycles. The van der Waals surface area contributed by atoms with Gasteiger partial charge in [0.25, 0.3) is 10.0 Å². The zero-order chi connectivity index (χ0) is 13.9. The summed E-state index contributed by atoms with van der Waals surface area (Å²) in [5.74, 6) is 0.520. The summed E-state index contributed by atoms with van der Waals surface area (Å²) in [7, 11) is -3.64. The molecule has 0 unspecified atom stereocenters. The maximum atomic E-state index is 12.0. The molecular weight excluding hydrogens is 264 g/mol. The van der Waals surface area contributed by atoms with Crippen LogP contribution in [0.3, 0.4) is 0 Å². The first-order valence-corrected chi connectivity index (χ1v) is 7.14. The number of furan rings is 1. The molecule has 6 heteroatoms. The van der Waals surface area contributed by atoms with Crippen molar-refractivity contribution in [3.8, 4) is 0 Å². The summed E-state index contributed by atoms with van der Waals surface area (Å²) < 4.78 is 29.1. The fourth-order valence-electron chi connectivity index (χ4n) is 1.44. The molecule has 19 heavy (non-hydrogen) atoms. The molecule has 2 aromatic rings. The number of aryl methyl sites for hydroxylation is 1. The van der Waals surface area contributed by atoms with Gasteiger partial charge in [-0.15, -0.1) is 0 Å². The van der Waals surface area contributed by atoms with Gasteiger partial charge < -0.3 is 4.42 Å². The number of hydrogen-bond acceptors (Lipinski definition) is 4. The van der Waals surface area contributed by atoms with Crippen LogP contribution in [0.15, 0.2) is 57.1 Å². The van der Waals surface area contributed by atoms with E-state index in [4.69, 9.17) is 4.42 Å². The van der Waals surface area contributed by atoms with E-state index in [1.54, 1.807) is 31.2 Å². The Bertz CT molecular complexity index is 671. The van der Waals surface area contributed by atoms with Gasteiger partial charge in [-0.2, -0.15) is 18.4 Å². The van der Waals surface area contributed by atoms with Crippen molar-refractivity contribution < 1.29 is 12.8 Å². The molecular formula is C13H14N2O3S. The van der Waals surface area contributed by atoms with Gasteiger partial charge in [0, 0.05) is 0 Å². The maximum Gasteiger partial charge on any atom is 0.276 e. The zero-order valence-electron chi connectivity index (χ0n) is 10.6. The molecule has 0 saturated carbocycles. The summed E-state index contributed by atoms with van der Waals surface area (Å²) in [6.45, 7) is 3.56. The number of hydrazone groups is 1. The van der Waals surface area contributed by atoms with Crippen LogP contribution in [0.1, 0.15) is 18.2 Å². The van der Waals surface area contributed by atoms with Crippen LogP contribution in [0.2, 0.25) is 0 Å². The van der Waals surface area contributed by atoms with Crippen molar-refractivity contribution in [2.75, 3.05) is 0 Å². The van der Waals surface area contributed by atoms with Crippen molar-refractivity contribution in [1.29, 1.82) is 0 Å². The molecule has 5 nitrogen and oxygen atoms in total. The minimum Gasteiger partial charge on any atom is -0.463 e. The number of nitrogens with one attached hydrogen (secondary N) is 1. The predicted octanol–water partition coefficient (Wildman–Crippen LogP) is 2.29. The van der Waals surface area contributed by atoms with Gasteiger partial charge in [-0.1, -0.05) is 17.7 Å². The van der Waals surface area contributed by atoms with Gasteiger partial charge >= 0.3 is 0 Å². The van der Waals surface area contributed by atoms with E-state index in [9.17, 15) is 8.42 Å². The molecule has 0 amide bonds. The van der Waals surface area contributed by atoms with E-state index in [-0.39, 0.29) is 4.90 Å². The Balaban J connectivity index is 2.18. The van der Waals surface area contributed by atoms with Gasteiger partial charge in [-0.05, 0) is 38.1 Å². The summed E-state index contributed by atoms with van der Waals surface area (Å²) in [6.07, 6.45) is 1.50. The topological polar surface area (TPSA) is 71.7 Å². The lowest BCUT2D eigenvalue weighted by Crippen LogP contribution is -2.19. The largest absolute Gasteiger partial charge is 0.463 e. The van der Waals surface area contributed by atoms with Crippen molar-refractivity contribution in [3.05, 3.63) is 54.0 Å². The predicted molar refractivity (Wildman–Crippen MR) is 72.4 cm³/mol. The molecule has 0 atom stereocenters. The van der Waals surface area contributed by atoms with Gasteiger partial charge in [0.05, 0.1) is 11.2 Å². The molecule has 0 bridgehead atoms. The van der Waals surface area contributed by atoms with Crippen molar-refractivity contribution in [2.45, 2.75) is 18.7 Å². The SMILES string of the molecule is CC(=NNS(=O)(=O)c1ccc(C)cc1)c1ccco1. The fourth-order valence-corrected chi connectivity index (χ4v) is 2.30. The highest BCUT2D eigenvalue weighted by Crippen LogP contribution is 2.10. The van der Waals surface area contributed by atoms with Crippen LogP contribution in [-0.4, -0.2) is 14.1 Å². The van der Waals surface area contributed by atoms with E-state index in [0.717, 1.165) is 5.56 Å². The van der Waals surface area contributed by atoms with Crippen LogP contribution in [0.4, 0.5) is 0 Å². The molecule has 0 aliphatic carbocycles. The Hall–Kier alpha value is -2.08. The summed E-state index contributed by atoms with van der Waals surface area (Å²) in [6, 6.07) is 9.96. The Kier molecular flexibility index (Phi) is 3.71. The zero-order valence-corrected chi connectivity index (χ0v) is 11.4. The van der Waals surface area contributed by atoms with Crippen LogP contribution < -0.4 is 4.83 Å². The summed E-state index contributed by atoms with van der Waals surface area (Å²) in [5, 5.41) is 3.82. The first-order chi connectivity index (χ1) is 8.99. The van der Waals surface area contributed by atoms with Crippen LogP contribution in [0, 0.1) is 6.92 Å². The van der Waals surface area contributed by atoms with E-state index in [1.807, 2.05) is 6.92 Å². The normalized spacial score (nSPS) is 12.4. The average molecular weight is 278 g/mol. The molecule has 0 fully saturated rings. The lowest BCUT2D eigenvalue weighted by atomic mass is 10.2. The smallest absolute Gasteiger partial charge is 0.276 e. The van der Waals surface area contributed by atoms with Crippen molar-refractivity contribution in [2.24, 2.45) is 5.10 Å². The summed E-state index contributed by atoms with van der Waals surface area (Å²) in [5.41, 5.74) is 1.45. The average Bonchev–Trinajstić information content (AvgIpc) is 2.90. The quantitative estimate of drug-likeness (QED) is 0.689. The summed E-state index contributed by atoms with van der Waals surface area (Å²) in [4.78, 5) is 2.36. The third-order valence-electron chi connectivity index (χ3n) is 2.54. The van der Waals surface area contributed by atoms with E-state index < -0.39 is 10.0 Å². The monoisotopic (exact) mass is 278 g/mol. The van der Waals surface area contributed by atoms with Crippen LogP contribution >= 0.6 is 0 Å². The minimum atomic E-state index is -3.64. The third-order valence-corrected chi connectivity index (χ3v) is 3.77. The second kappa shape index (κ2) is 5.27. The first-order valence-electron chi connectivity index (χ1n) is 5.66. The van der Waals surface area contributed by atoms with Gasteiger partial charge in [-0.25, -0.2) is 0 Å². The second-order valence-electron chi connectivity index (χ2n) is 4.08. The molecule has 1 aromatic carbocycles. The third kappa shape index (κ3) is 3.23. The molecule has 100 valence electrons. The number of rotatable bonds is 4. The molecule has 0 saturated heterocycles. The van der Waals surface area contributed by atoms with Crippen LogP contribution in [-0.2, 0) is 10.0 Å².